The van der Waals surface area contributed by atoms with Crippen LogP contribution in [-0.4, -0.2) is 27.0 Å². The summed E-state index contributed by atoms with van der Waals surface area (Å²) in [6.45, 7) is 1.05. The summed E-state index contributed by atoms with van der Waals surface area (Å²) < 4.78 is 1.62. The van der Waals surface area contributed by atoms with Crippen LogP contribution in [0.4, 0.5) is 0 Å². The Morgan fingerprint density at radius 3 is 2.82 bits per heavy atom. The van der Waals surface area contributed by atoms with Crippen LogP contribution >= 0.6 is 0 Å². The van der Waals surface area contributed by atoms with Crippen molar-refractivity contribution in [3.8, 4) is 0 Å². The van der Waals surface area contributed by atoms with Crippen molar-refractivity contribution in [3.63, 3.8) is 0 Å². The van der Waals surface area contributed by atoms with Crippen LogP contribution in [0.15, 0.2) is 53.5 Å². The average Bonchev–Trinajstić information content (AvgIpc) is 2.97. The lowest BCUT2D eigenvalue weighted by Gasteiger charge is -2.05. The van der Waals surface area contributed by atoms with E-state index in [4.69, 9.17) is 0 Å². The number of aryl methyl sites for hydroxylation is 1. The molecule has 0 aliphatic rings. The Kier molecular flexibility index (Phi) is 4.00. The molecule has 0 spiro atoms. The quantitative estimate of drug-likeness (QED) is 0.701. The van der Waals surface area contributed by atoms with E-state index in [-0.39, 0.29) is 11.5 Å². The first-order valence-electron chi connectivity index (χ1n) is 7.12. The van der Waals surface area contributed by atoms with Gasteiger partial charge in [0, 0.05) is 25.4 Å². The zero-order valence-electron chi connectivity index (χ0n) is 12.0. The van der Waals surface area contributed by atoms with Gasteiger partial charge >= 0.3 is 0 Å². The smallest absolute Gasteiger partial charge is 0.287 e. The molecule has 6 heteroatoms. The van der Waals surface area contributed by atoms with Gasteiger partial charge in [0.1, 0.15) is 0 Å². The highest BCUT2D eigenvalue weighted by molar-refractivity contribution is 5.94. The predicted octanol–water partition coefficient (Wildman–Crippen LogP) is 1.54. The molecule has 3 rings (SSSR count). The number of hydrogen-bond acceptors (Lipinski definition) is 3. The third kappa shape index (κ3) is 3.06. The van der Waals surface area contributed by atoms with E-state index < -0.39 is 0 Å². The summed E-state index contributed by atoms with van der Waals surface area (Å²) in [5.41, 5.74) is 1.57. The molecule has 1 aromatic carbocycles. The van der Waals surface area contributed by atoms with Crippen molar-refractivity contribution in [2.24, 2.45) is 0 Å². The molecule has 0 radical (unpaired) electrons. The molecular weight excluding hydrogens is 280 g/mol. The fourth-order valence-corrected chi connectivity index (χ4v) is 2.24. The summed E-state index contributed by atoms with van der Waals surface area (Å²) in [5.74, 6) is 0.0645. The molecule has 112 valence electrons. The lowest BCUT2D eigenvalue weighted by Crippen LogP contribution is -2.27. The second kappa shape index (κ2) is 6.26. The van der Waals surface area contributed by atoms with Crippen molar-refractivity contribution in [1.82, 2.24) is 19.9 Å². The minimum atomic E-state index is -0.239. The SMILES string of the molecule is O=C(NCCCn1ccccc1=O)c1nc2ccccc2[nH]1. The summed E-state index contributed by atoms with van der Waals surface area (Å²) in [4.78, 5) is 30.8. The fraction of sp³-hybridized carbons (Fsp3) is 0.188. The first-order valence-corrected chi connectivity index (χ1v) is 7.12. The van der Waals surface area contributed by atoms with Gasteiger partial charge in [-0.15, -0.1) is 0 Å². The number of carbonyl (C=O) groups is 1. The van der Waals surface area contributed by atoms with E-state index in [1.165, 1.54) is 6.07 Å². The van der Waals surface area contributed by atoms with E-state index in [0.717, 1.165) is 11.0 Å². The number of nitrogens with zero attached hydrogens (tertiary/aromatic N) is 2. The highest BCUT2D eigenvalue weighted by atomic mass is 16.2. The van der Waals surface area contributed by atoms with Gasteiger partial charge in [-0.05, 0) is 24.6 Å². The number of H-pyrrole nitrogens is 1. The number of nitrogens with one attached hydrogen (secondary N) is 2. The summed E-state index contributed by atoms with van der Waals surface area (Å²) in [7, 11) is 0. The van der Waals surface area contributed by atoms with E-state index in [1.807, 2.05) is 30.3 Å². The molecule has 3 aromatic rings. The zero-order valence-corrected chi connectivity index (χ0v) is 12.0. The second-order valence-corrected chi connectivity index (χ2v) is 4.94. The van der Waals surface area contributed by atoms with Crippen LogP contribution in [-0.2, 0) is 6.54 Å². The second-order valence-electron chi connectivity index (χ2n) is 4.94. The minimum absolute atomic E-state index is 0.0360. The normalized spacial score (nSPS) is 10.7. The Balaban J connectivity index is 1.54. The van der Waals surface area contributed by atoms with Crippen molar-refractivity contribution in [2.45, 2.75) is 13.0 Å². The number of pyridine rings is 1. The predicted molar refractivity (Wildman–Crippen MR) is 83.7 cm³/mol. The molecule has 0 aliphatic heterocycles. The van der Waals surface area contributed by atoms with Gasteiger partial charge in [0.15, 0.2) is 5.82 Å². The molecular formula is C16H16N4O2. The van der Waals surface area contributed by atoms with Gasteiger partial charge in [-0.1, -0.05) is 18.2 Å². The molecule has 0 atom stereocenters. The standard InChI is InChI=1S/C16H16N4O2/c21-14-8-3-4-10-20(14)11-5-9-17-16(22)15-18-12-6-1-2-7-13(12)19-15/h1-4,6-8,10H,5,9,11H2,(H,17,22)(H,18,19). The molecule has 0 saturated carbocycles. The number of para-hydroxylation sites is 2. The first-order chi connectivity index (χ1) is 10.7. The maximum absolute atomic E-state index is 12.0. The molecule has 2 aromatic heterocycles. The van der Waals surface area contributed by atoms with Gasteiger partial charge in [0.05, 0.1) is 11.0 Å². The van der Waals surface area contributed by atoms with E-state index in [9.17, 15) is 9.59 Å². The van der Waals surface area contributed by atoms with Gasteiger partial charge in [-0.25, -0.2) is 4.98 Å². The maximum atomic E-state index is 12.0. The Morgan fingerprint density at radius 1 is 1.18 bits per heavy atom. The van der Waals surface area contributed by atoms with Crippen LogP contribution < -0.4 is 10.9 Å². The lowest BCUT2D eigenvalue weighted by molar-refractivity contribution is 0.0943. The molecule has 0 aliphatic carbocycles. The largest absolute Gasteiger partial charge is 0.349 e. The molecule has 1 amide bonds. The summed E-state index contributed by atoms with van der Waals surface area (Å²) >= 11 is 0. The van der Waals surface area contributed by atoms with Crippen molar-refractivity contribution < 1.29 is 4.79 Å². The monoisotopic (exact) mass is 296 g/mol. The molecule has 0 unspecified atom stereocenters. The van der Waals surface area contributed by atoms with E-state index in [2.05, 4.69) is 15.3 Å². The van der Waals surface area contributed by atoms with Crippen molar-refractivity contribution in [2.75, 3.05) is 6.54 Å². The summed E-state index contributed by atoms with van der Waals surface area (Å²) in [6, 6.07) is 12.5. The molecule has 0 bridgehead atoms. The number of amides is 1. The zero-order chi connectivity index (χ0) is 15.4. The number of fused-ring (bicyclic) bond motifs is 1. The third-order valence-corrected chi connectivity index (χ3v) is 3.36. The Bertz CT molecular complexity index is 817. The third-order valence-electron chi connectivity index (χ3n) is 3.36. The van der Waals surface area contributed by atoms with Gasteiger partial charge in [-0.2, -0.15) is 0 Å². The van der Waals surface area contributed by atoms with Crippen molar-refractivity contribution >= 4 is 16.9 Å². The molecule has 2 N–H and O–H groups in total. The van der Waals surface area contributed by atoms with Gasteiger partial charge in [0.2, 0.25) is 5.56 Å². The van der Waals surface area contributed by atoms with Crippen LogP contribution in [0.1, 0.15) is 17.0 Å². The van der Waals surface area contributed by atoms with Crippen molar-refractivity contribution in [1.29, 1.82) is 0 Å². The van der Waals surface area contributed by atoms with E-state index in [0.29, 0.717) is 25.3 Å². The average molecular weight is 296 g/mol. The van der Waals surface area contributed by atoms with Crippen LogP contribution in [0.25, 0.3) is 11.0 Å². The highest BCUT2D eigenvalue weighted by Gasteiger charge is 2.10. The number of carbonyl (C=O) groups excluding carboxylic acids is 1. The molecule has 0 fully saturated rings. The first kappa shape index (κ1) is 14.1. The number of hydrogen-bond donors (Lipinski definition) is 2. The Hall–Kier alpha value is -2.89. The van der Waals surface area contributed by atoms with Gasteiger partial charge < -0.3 is 14.9 Å². The Labute approximate surface area is 126 Å². The molecule has 2 heterocycles. The van der Waals surface area contributed by atoms with Gasteiger partial charge in [0.25, 0.3) is 5.91 Å². The molecule has 0 saturated heterocycles. The van der Waals surface area contributed by atoms with Crippen LogP contribution in [0.2, 0.25) is 0 Å². The van der Waals surface area contributed by atoms with E-state index in [1.54, 1.807) is 16.8 Å². The lowest BCUT2D eigenvalue weighted by atomic mass is 10.3. The minimum Gasteiger partial charge on any atom is -0.349 e. The van der Waals surface area contributed by atoms with Crippen LogP contribution in [0.3, 0.4) is 0 Å². The highest BCUT2D eigenvalue weighted by Crippen LogP contribution is 2.09. The Morgan fingerprint density at radius 2 is 2.00 bits per heavy atom. The number of aromatic nitrogens is 3. The maximum Gasteiger partial charge on any atom is 0.287 e. The van der Waals surface area contributed by atoms with Crippen LogP contribution in [0.5, 0.6) is 0 Å². The molecule has 22 heavy (non-hydrogen) atoms. The number of aromatic amines is 1. The van der Waals surface area contributed by atoms with E-state index >= 15 is 0 Å². The topological polar surface area (TPSA) is 79.8 Å². The van der Waals surface area contributed by atoms with Crippen LogP contribution in [0, 0.1) is 0 Å². The summed E-state index contributed by atoms with van der Waals surface area (Å²) in [6.07, 6.45) is 2.42. The number of imidazole rings is 1. The fourth-order valence-electron chi connectivity index (χ4n) is 2.24. The summed E-state index contributed by atoms with van der Waals surface area (Å²) in [5, 5.41) is 2.80. The van der Waals surface area contributed by atoms with Crippen molar-refractivity contribution in [3.05, 3.63) is 64.8 Å². The number of benzene rings is 1. The number of rotatable bonds is 5. The molecule has 6 nitrogen and oxygen atoms in total. The van der Waals surface area contributed by atoms with Gasteiger partial charge in [-0.3, -0.25) is 9.59 Å².